The van der Waals surface area contributed by atoms with Gasteiger partial charge < -0.3 is 10.0 Å². The maximum Gasteiger partial charge on any atom is 0.243 e. The van der Waals surface area contributed by atoms with Gasteiger partial charge in [0.15, 0.2) is 0 Å². The Hall–Kier alpha value is -1.11. The van der Waals surface area contributed by atoms with Gasteiger partial charge in [-0.15, -0.1) is 0 Å². The predicted molar refractivity (Wildman–Crippen MR) is 78.1 cm³/mol. The molecule has 1 fully saturated rings. The van der Waals surface area contributed by atoms with Gasteiger partial charge in [0, 0.05) is 32.7 Å². The van der Waals surface area contributed by atoms with Gasteiger partial charge in [-0.2, -0.15) is 4.31 Å². The Labute approximate surface area is 120 Å². The summed E-state index contributed by atoms with van der Waals surface area (Å²) in [4.78, 5) is 2.45. The molecular weight excluding hydrogens is 276 g/mol. The van der Waals surface area contributed by atoms with E-state index < -0.39 is 10.0 Å². The first-order valence-corrected chi connectivity index (χ1v) is 8.35. The first-order chi connectivity index (χ1) is 9.39. The minimum atomic E-state index is -3.49. The molecule has 1 heterocycles. The summed E-state index contributed by atoms with van der Waals surface area (Å²) in [6, 6.07) is 5.85. The van der Waals surface area contributed by atoms with Crippen molar-refractivity contribution in [3.8, 4) is 5.75 Å². The highest BCUT2D eigenvalue weighted by Crippen LogP contribution is 2.21. The molecule has 0 radical (unpaired) electrons. The van der Waals surface area contributed by atoms with Crippen LogP contribution in [0.1, 0.15) is 13.8 Å². The highest BCUT2D eigenvalue weighted by molar-refractivity contribution is 7.89. The summed E-state index contributed by atoms with van der Waals surface area (Å²) in [5.41, 5.74) is 0. The molecule has 6 heteroatoms. The first-order valence-electron chi connectivity index (χ1n) is 6.91. The van der Waals surface area contributed by atoms with Crippen molar-refractivity contribution in [2.45, 2.75) is 18.7 Å². The fraction of sp³-hybridized carbons (Fsp3) is 0.571. The fourth-order valence-corrected chi connectivity index (χ4v) is 3.92. The van der Waals surface area contributed by atoms with Crippen molar-refractivity contribution in [3.63, 3.8) is 0 Å². The van der Waals surface area contributed by atoms with E-state index in [0.29, 0.717) is 19.0 Å². The monoisotopic (exact) mass is 298 g/mol. The molecule has 1 aliphatic heterocycles. The second-order valence-electron chi connectivity index (χ2n) is 5.60. The highest BCUT2D eigenvalue weighted by atomic mass is 32.2. The number of hydrogen-bond donors (Lipinski definition) is 1. The third kappa shape index (κ3) is 3.50. The molecule has 0 unspecified atom stereocenters. The predicted octanol–water partition coefficient (Wildman–Crippen LogP) is 1.35. The Kier molecular flexibility index (Phi) is 4.67. The molecule has 0 spiro atoms. The van der Waals surface area contributed by atoms with E-state index in [1.54, 1.807) is 6.07 Å². The molecule has 0 aromatic heterocycles. The Bertz CT molecular complexity index is 549. The summed E-state index contributed by atoms with van der Waals surface area (Å²) in [5, 5.41) is 9.42. The SMILES string of the molecule is CC(C)CN1CCN(S(=O)(=O)c2cccc(O)c2)CC1. The Morgan fingerprint density at radius 2 is 1.85 bits per heavy atom. The number of nitrogens with zero attached hydrogens (tertiary/aromatic N) is 2. The third-order valence-electron chi connectivity index (χ3n) is 3.41. The van der Waals surface area contributed by atoms with Gasteiger partial charge in [0.1, 0.15) is 5.75 Å². The fourth-order valence-electron chi connectivity index (χ4n) is 2.46. The van der Waals surface area contributed by atoms with Crippen LogP contribution in [0.25, 0.3) is 0 Å². The van der Waals surface area contributed by atoms with Gasteiger partial charge in [-0.1, -0.05) is 19.9 Å². The van der Waals surface area contributed by atoms with Crippen LogP contribution in [0.3, 0.4) is 0 Å². The van der Waals surface area contributed by atoms with E-state index in [2.05, 4.69) is 18.7 Å². The van der Waals surface area contributed by atoms with Crippen LogP contribution >= 0.6 is 0 Å². The Morgan fingerprint density at radius 3 is 2.40 bits per heavy atom. The third-order valence-corrected chi connectivity index (χ3v) is 5.30. The minimum absolute atomic E-state index is 0.0236. The molecule has 2 rings (SSSR count). The summed E-state index contributed by atoms with van der Waals surface area (Å²) in [5.74, 6) is 0.564. The van der Waals surface area contributed by atoms with E-state index in [0.717, 1.165) is 19.6 Å². The van der Waals surface area contributed by atoms with E-state index in [9.17, 15) is 13.5 Å². The number of hydrogen-bond acceptors (Lipinski definition) is 4. The lowest BCUT2D eigenvalue weighted by atomic mass is 10.2. The normalized spacial score (nSPS) is 18.6. The van der Waals surface area contributed by atoms with Crippen molar-refractivity contribution < 1.29 is 13.5 Å². The Balaban J connectivity index is 2.06. The molecule has 1 aromatic rings. The molecule has 1 saturated heterocycles. The first kappa shape index (κ1) is 15.3. The second-order valence-corrected chi connectivity index (χ2v) is 7.53. The van der Waals surface area contributed by atoms with Crippen LogP contribution in [0, 0.1) is 5.92 Å². The molecule has 0 bridgehead atoms. The van der Waals surface area contributed by atoms with Crippen molar-refractivity contribution >= 4 is 10.0 Å². The van der Waals surface area contributed by atoms with Gasteiger partial charge in [0.25, 0.3) is 0 Å². The van der Waals surface area contributed by atoms with Gasteiger partial charge in [-0.25, -0.2) is 8.42 Å². The summed E-state index contributed by atoms with van der Waals surface area (Å²) < 4.78 is 26.4. The van der Waals surface area contributed by atoms with Gasteiger partial charge in [-0.3, -0.25) is 0 Å². The molecule has 1 aliphatic rings. The summed E-state index contributed by atoms with van der Waals surface area (Å²) in [6.45, 7) is 7.85. The lowest BCUT2D eigenvalue weighted by molar-refractivity contribution is 0.172. The number of sulfonamides is 1. The average molecular weight is 298 g/mol. The van der Waals surface area contributed by atoms with Crippen LogP contribution in [0.15, 0.2) is 29.2 Å². The second kappa shape index (κ2) is 6.11. The number of phenolic OH excluding ortho intramolecular Hbond substituents is 1. The lowest BCUT2D eigenvalue weighted by Crippen LogP contribution is -2.49. The molecule has 0 amide bonds. The van der Waals surface area contributed by atoms with Crippen LogP contribution in [0.4, 0.5) is 0 Å². The van der Waals surface area contributed by atoms with Crippen molar-refractivity contribution in [1.29, 1.82) is 0 Å². The molecule has 1 aromatic carbocycles. The van der Waals surface area contributed by atoms with Gasteiger partial charge in [0.05, 0.1) is 4.90 Å². The van der Waals surface area contributed by atoms with E-state index in [1.165, 1.54) is 22.5 Å². The molecular formula is C14H22N2O3S. The quantitative estimate of drug-likeness (QED) is 0.911. The van der Waals surface area contributed by atoms with E-state index in [4.69, 9.17) is 0 Å². The van der Waals surface area contributed by atoms with Gasteiger partial charge >= 0.3 is 0 Å². The molecule has 0 atom stereocenters. The van der Waals surface area contributed by atoms with Gasteiger partial charge in [0.2, 0.25) is 10.0 Å². The molecule has 1 N–H and O–H groups in total. The molecule has 5 nitrogen and oxygen atoms in total. The zero-order valence-electron chi connectivity index (χ0n) is 12.0. The largest absolute Gasteiger partial charge is 0.508 e. The number of phenols is 1. The standard InChI is InChI=1S/C14H22N2O3S/c1-12(2)11-15-6-8-16(9-7-15)20(18,19)14-5-3-4-13(17)10-14/h3-5,10,12,17H,6-9,11H2,1-2H3. The zero-order valence-corrected chi connectivity index (χ0v) is 12.8. The van der Waals surface area contributed by atoms with Crippen LogP contribution in [-0.2, 0) is 10.0 Å². The van der Waals surface area contributed by atoms with E-state index >= 15 is 0 Å². The molecule has 0 saturated carbocycles. The smallest absolute Gasteiger partial charge is 0.243 e. The summed E-state index contributed by atoms with van der Waals surface area (Å²) >= 11 is 0. The topological polar surface area (TPSA) is 60.9 Å². The van der Waals surface area contributed by atoms with Crippen LogP contribution < -0.4 is 0 Å². The summed E-state index contributed by atoms with van der Waals surface area (Å²) in [7, 11) is -3.49. The Morgan fingerprint density at radius 1 is 1.20 bits per heavy atom. The number of benzene rings is 1. The number of piperazine rings is 1. The number of rotatable bonds is 4. The maximum atomic E-state index is 12.5. The van der Waals surface area contributed by atoms with Crippen molar-refractivity contribution in [2.24, 2.45) is 5.92 Å². The maximum absolute atomic E-state index is 12.5. The van der Waals surface area contributed by atoms with Crippen LogP contribution in [-0.4, -0.2) is 55.5 Å². The minimum Gasteiger partial charge on any atom is -0.508 e. The van der Waals surface area contributed by atoms with Gasteiger partial charge in [-0.05, 0) is 24.1 Å². The van der Waals surface area contributed by atoms with Crippen LogP contribution in [0.5, 0.6) is 5.75 Å². The van der Waals surface area contributed by atoms with Crippen molar-refractivity contribution in [2.75, 3.05) is 32.7 Å². The highest BCUT2D eigenvalue weighted by Gasteiger charge is 2.28. The molecule has 112 valence electrons. The number of aromatic hydroxyl groups is 1. The van der Waals surface area contributed by atoms with Crippen molar-refractivity contribution in [1.82, 2.24) is 9.21 Å². The van der Waals surface area contributed by atoms with Crippen molar-refractivity contribution in [3.05, 3.63) is 24.3 Å². The van der Waals surface area contributed by atoms with E-state index in [1.807, 2.05) is 0 Å². The lowest BCUT2D eigenvalue weighted by Gasteiger charge is -2.34. The zero-order chi connectivity index (χ0) is 14.8. The van der Waals surface area contributed by atoms with Crippen LogP contribution in [0.2, 0.25) is 0 Å². The molecule has 0 aliphatic carbocycles. The summed E-state index contributed by atoms with van der Waals surface area (Å²) in [6.07, 6.45) is 0. The average Bonchev–Trinajstić information content (AvgIpc) is 2.38. The molecule has 20 heavy (non-hydrogen) atoms. The van der Waals surface area contributed by atoms with E-state index in [-0.39, 0.29) is 10.6 Å².